The van der Waals surface area contributed by atoms with Crippen LogP contribution in [0.5, 0.6) is 11.5 Å². The Balaban J connectivity index is 1.55. The van der Waals surface area contributed by atoms with Crippen LogP contribution in [0.3, 0.4) is 0 Å². The molecule has 0 spiro atoms. The number of carbonyl (C=O) groups is 1. The lowest BCUT2D eigenvalue weighted by atomic mass is 10.1. The van der Waals surface area contributed by atoms with Crippen molar-refractivity contribution in [3.63, 3.8) is 0 Å². The van der Waals surface area contributed by atoms with E-state index in [9.17, 15) is 9.59 Å². The number of fused-ring (bicyclic) bond motifs is 1. The fourth-order valence-corrected chi connectivity index (χ4v) is 3.75. The molecule has 3 aromatic rings. The number of hydrogen-bond donors (Lipinski definition) is 2. The van der Waals surface area contributed by atoms with Crippen LogP contribution >= 0.6 is 0 Å². The maximum absolute atomic E-state index is 12.8. The lowest BCUT2D eigenvalue weighted by molar-refractivity contribution is 0.102. The highest BCUT2D eigenvalue weighted by Gasteiger charge is 2.16. The second-order valence-corrected chi connectivity index (χ2v) is 7.59. The summed E-state index contributed by atoms with van der Waals surface area (Å²) in [5.41, 5.74) is 2.12. The number of aromatic nitrogens is 1. The molecule has 0 bridgehead atoms. The van der Waals surface area contributed by atoms with Gasteiger partial charge in [-0.3, -0.25) is 9.59 Å². The maximum atomic E-state index is 12.8. The van der Waals surface area contributed by atoms with E-state index in [1.165, 1.54) is 20.3 Å². The molecular formula is C23H26N4O4. The first-order valence-corrected chi connectivity index (χ1v) is 10.1. The lowest BCUT2D eigenvalue weighted by Gasteiger charge is -2.34. The van der Waals surface area contributed by atoms with Crippen molar-refractivity contribution >= 4 is 28.2 Å². The number of ether oxygens (including phenoxy) is 2. The minimum Gasteiger partial charge on any atom is -0.497 e. The SMILES string of the molecule is COc1cc(OC)c2c(=O)cc(C(=O)Nc3ccc(N4CCN(C)CC4)cc3)[nH]c2c1. The zero-order chi connectivity index (χ0) is 22.0. The summed E-state index contributed by atoms with van der Waals surface area (Å²) in [6.45, 7) is 4.02. The van der Waals surface area contributed by atoms with Crippen LogP contribution in [0.4, 0.5) is 11.4 Å². The van der Waals surface area contributed by atoms with Crippen molar-refractivity contribution in [1.82, 2.24) is 9.88 Å². The molecule has 2 aromatic carbocycles. The first-order valence-electron chi connectivity index (χ1n) is 10.1. The van der Waals surface area contributed by atoms with Gasteiger partial charge in [0.05, 0.1) is 25.1 Å². The predicted molar refractivity (Wildman–Crippen MR) is 122 cm³/mol. The number of nitrogens with zero attached hydrogens (tertiary/aromatic N) is 2. The van der Waals surface area contributed by atoms with E-state index in [4.69, 9.17) is 9.47 Å². The Labute approximate surface area is 180 Å². The number of amides is 1. The zero-order valence-corrected chi connectivity index (χ0v) is 17.9. The average Bonchev–Trinajstić information content (AvgIpc) is 2.79. The van der Waals surface area contributed by atoms with Crippen molar-refractivity contribution < 1.29 is 14.3 Å². The van der Waals surface area contributed by atoms with E-state index in [0.29, 0.717) is 28.1 Å². The van der Waals surface area contributed by atoms with Gasteiger partial charge in [0, 0.05) is 55.8 Å². The molecule has 0 atom stereocenters. The van der Waals surface area contributed by atoms with Crippen molar-refractivity contribution in [2.75, 3.05) is 57.7 Å². The van der Waals surface area contributed by atoms with E-state index in [1.54, 1.807) is 12.1 Å². The smallest absolute Gasteiger partial charge is 0.272 e. The number of H-pyrrole nitrogens is 1. The zero-order valence-electron chi connectivity index (χ0n) is 17.9. The quantitative estimate of drug-likeness (QED) is 0.657. The van der Waals surface area contributed by atoms with E-state index in [0.717, 1.165) is 31.9 Å². The summed E-state index contributed by atoms with van der Waals surface area (Å²) in [5, 5.41) is 3.22. The van der Waals surface area contributed by atoms with Crippen molar-refractivity contribution in [1.29, 1.82) is 0 Å². The maximum Gasteiger partial charge on any atom is 0.272 e. The van der Waals surface area contributed by atoms with Gasteiger partial charge in [0.2, 0.25) is 0 Å². The van der Waals surface area contributed by atoms with Gasteiger partial charge in [-0.15, -0.1) is 0 Å². The molecule has 162 valence electrons. The molecule has 1 fully saturated rings. The molecule has 4 rings (SSSR count). The van der Waals surface area contributed by atoms with Gasteiger partial charge >= 0.3 is 0 Å². The lowest BCUT2D eigenvalue weighted by Crippen LogP contribution is -2.44. The first kappa shape index (κ1) is 20.7. The molecular weight excluding hydrogens is 396 g/mol. The Morgan fingerprint density at radius 3 is 2.35 bits per heavy atom. The Morgan fingerprint density at radius 2 is 1.71 bits per heavy atom. The molecule has 0 saturated carbocycles. The van der Waals surface area contributed by atoms with Crippen molar-refractivity contribution in [2.24, 2.45) is 0 Å². The van der Waals surface area contributed by atoms with E-state index in [2.05, 4.69) is 27.1 Å². The topological polar surface area (TPSA) is 86.9 Å². The molecule has 1 aliphatic rings. The van der Waals surface area contributed by atoms with Gasteiger partial charge < -0.3 is 29.6 Å². The summed E-state index contributed by atoms with van der Waals surface area (Å²) in [6, 6.07) is 12.3. The summed E-state index contributed by atoms with van der Waals surface area (Å²) in [5.74, 6) is 0.521. The molecule has 0 radical (unpaired) electrons. The monoisotopic (exact) mass is 422 g/mol. The highest BCUT2D eigenvalue weighted by Crippen LogP contribution is 2.28. The number of piperazine rings is 1. The Bertz CT molecular complexity index is 1150. The second kappa shape index (κ2) is 8.69. The van der Waals surface area contributed by atoms with Crippen LogP contribution in [0.15, 0.2) is 47.3 Å². The number of methoxy groups -OCH3 is 2. The van der Waals surface area contributed by atoms with Gasteiger partial charge in [-0.1, -0.05) is 0 Å². The van der Waals surface area contributed by atoms with Gasteiger partial charge in [-0.2, -0.15) is 0 Å². The highest BCUT2D eigenvalue weighted by atomic mass is 16.5. The third-order valence-electron chi connectivity index (χ3n) is 5.56. The van der Waals surface area contributed by atoms with E-state index in [-0.39, 0.29) is 11.1 Å². The average molecular weight is 422 g/mol. The molecule has 8 heteroatoms. The van der Waals surface area contributed by atoms with Crippen molar-refractivity contribution in [3.05, 3.63) is 58.4 Å². The number of likely N-dealkylation sites (N-methyl/N-ethyl adjacent to an activating group) is 1. The van der Waals surface area contributed by atoms with E-state index < -0.39 is 5.91 Å². The molecule has 8 nitrogen and oxygen atoms in total. The first-order chi connectivity index (χ1) is 15.0. The molecule has 0 unspecified atom stereocenters. The number of pyridine rings is 1. The van der Waals surface area contributed by atoms with Crippen molar-refractivity contribution in [3.8, 4) is 11.5 Å². The normalized spacial score (nSPS) is 14.5. The van der Waals surface area contributed by atoms with Crippen molar-refractivity contribution in [2.45, 2.75) is 0 Å². The second-order valence-electron chi connectivity index (χ2n) is 7.59. The van der Waals surface area contributed by atoms with Crippen LogP contribution in [0.2, 0.25) is 0 Å². The summed E-state index contributed by atoms with van der Waals surface area (Å²) in [6.07, 6.45) is 0. The van der Waals surface area contributed by atoms with Gasteiger partial charge in [0.15, 0.2) is 5.43 Å². The third kappa shape index (κ3) is 4.34. The largest absolute Gasteiger partial charge is 0.497 e. The standard InChI is InChI=1S/C23H26N4O4/c1-26-8-10-27(11-9-26)16-6-4-15(5-7-16)24-23(29)19-14-20(28)22-18(25-19)12-17(30-2)13-21(22)31-3/h4-7,12-14H,8-11H2,1-3H3,(H,24,29)(H,25,28). The minimum absolute atomic E-state index is 0.163. The van der Waals surface area contributed by atoms with Crippen LogP contribution in [0.25, 0.3) is 10.9 Å². The summed E-state index contributed by atoms with van der Waals surface area (Å²) in [7, 11) is 5.14. The van der Waals surface area contributed by atoms with E-state index >= 15 is 0 Å². The van der Waals surface area contributed by atoms with Gasteiger partial charge in [0.25, 0.3) is 5.91 Å². The van der Waals surface area contributed by atoms with Gasteiger partial charge in [0.1, 0.15) is 17.2 Å². The number of rotatable bonds is 5. The molecule has 1 saturated heterocycles. The molecule has 1 aromatic heterocycles. The van der Waals surface area contributed by atoms with Crippen LogP contribution in [0, 0.1) is 0 Å². The minimum atomic E-state index is -0.395. The number of nitrogens with one attached hydrogen (secondary N) is 2. The molecule has 2 N–H and O–H groups in total. The molecule has 1 aliphatic heterocycles. The molecule has 31 heavy (non-hydrogen) atoms. The number of aromatic amines is 1. The molecule has 0 aliphatic carbocycles. The fraction of sp³-hybridized carbons (Fsp3) is 0.304. The number of benzene rings is 2. The molecule has 1 amide bonds. The van der Waals surface area contributed by atoms with Crippen LogP contribution < -0.4 is 25.1 Å². The fourth-order valence-electron chi connectivity index (χ4n) is 3.75. The number of anilines is 2. The van der Waals surface area contributed by atoms with Crippen LogP contribution in [-0.2, 0) is 0 Å². The number of carbonyl (C=O) groups excluding carboxylic acids is 1. The Morgan fingerprint density at radius 1 is 1.00 bits per heavy atom. The highest BCUT2D eigenvalue weighted by molar-refractivity contribution is 6.04. The van der Waals surface area contributed by atoms with Gasteiger partial charge in [-0.05, 0) is 31.3 Å². The summed E-state index contributed by atoms with van der Waals surface area (Å²) in [4.78, 5) is 33.1. The number of hydrogen-bond acceptors (Lipinski definition) is 6. The summed E-state index contributed by atoms with van der Waals surface area (Å²) >= 11 is 0. The van der Waals surface area contributed by atoms with Gasteiger partial charge in [-0.25, -0.2) is 0 Å². The summed E-state index contributed by atoms with van der Waals surface area (Å²) < 4.78 is 10.6. The Hall–Kier alpha value is -3.52. The predicted octanol–water partition coefficient (Wildman–Crippen LogP) is 2.55. The third-order valence-corrected chi connectivity index (χ3v) is 5.56. The van der Waals surface area contributed by atoms with E-state index in [1.807, 2.05) is 24.3 Å². The van der Waals surface area contributed by atoms with Crippen LogP contribution in [0.1, 0.15) is 10.5 Å². The van der Waals surface area contributed by atoms with Crippen LogP contribution in [-0.4, -0.2) is 63.2 Å². The Kier molecular flexibility index (Phi) is 5.81. The molecule has 2 heterocycles.